The first kappa shape index (κ1) is 25.2. The maximum atomic E-state index is 13.8. The van der Waals surface area contributed by atoms with Crippen LogP contribution in [0.25, 0.3) is 16.6 Å². The van der Waals surface area contributed by atoms with Gasteiger partial charge >= 0.3 is 12.1 Å². The zero-order valence-corrected chi connectivity index (χ0v) is 21.3. The van der Waals surface area contributed by atoms with Gasteiger partial charge in [0, 0.05) is 5.39 Å². The van der Waals surface area contributed by atoms with Crippen LogP contribution in [0.5, 0.6) is 0 Å². The third-order valence-electron chi connectivity index (χ3n) is 5.75. The number of amides is 1. The second-order valence-electron chi connectivity index (χ2n) is 10.4. The minimum absolute atomic E-state index is 0.0828. The van der Waals surface area contributed by atoms with Crippen molar-refractivity contribution < 1.29 is 19.1 Å². The lowest BCUT2D eigenvalue weighted by Gasteiger charge is -2.38. The fourth-order valence-electron chi connectivity index (χ4n) is 4.36. The van der Waals surface area contributed by atoms with Crippen LogP contribution in [0, 0.1) is 5.41 Å². The number of aromatic nitrogens is 3. The number of alkyl carbamates (subject to hydrolysis) is 1. The molecule has 1 N–H and O–H groups in total. The predicted octanol–water partition coefficient (Wildman–Crippen LogP) is 5.39. The van der Waals surface area contributed by atoms with E-state index in [1.807, 2.05) is 81.4 Å². The van der Waals surface area contributed by atoms with Crippen molar-refractivity contribution in [3.63, 3.8) is 0 Å². The first-order valence-corrected chi connectivity index (χ1v) is 12.0. The van der Waals surface area contributed by atoms with E-state index >= 15 is 0 Å². The van der Waals surface area contributed by atoms with E-state index in [0.717, 1.165) is 22.1 Å². The fraction of sp³-hybridized carbons (Fsp3) is 0.357. The fourth-order valence-corrected chi connectivity index (χ4v) is 4.36. The second kappa shape index (κ2) is 9.97. The molecule has 2 aromatic heterocycles. The SMILES string of the molecule is CC(C)OC(=O)[C@](CC(C)(C)C)(NC(=O)OCc1ccccc1)c1ccc2c(ccc3ncnn32)c1. The van der Waals surface area contributed by atoms with Crippen LogP contribution in [0.2, 0.25) is 0 Å². The number of fused-ring (bicyclic) bond motifs is 3. The average molecular weight is 489 g/mol. The van der Waals surface area contributed by atoms with E-state index in [2.05, 4.69) is 15.4 Å². The summed E-state index contributed by atoms with van der Waals surface area (Å²) in [6.45, 7) is 9.70. The number of nitrogens with one attached hydrogen (secondary N) is 1. The Hall–Kier alpha value is -3.94. The van der Waals surface area contributed by atoms with Gasteiger partial charge < -0.3 is 14.8 Å². The van der Waals surface area contributed by atoms with E-state index in [4.69, 9.17) is 9.47 Å². The molecule has 36 heavy (non-hydrogen) atoms. The standard InChI is InChI=1S/C28H32N4O4/c1-19(2)36-25(33)28(17-27(3,4)5,31-26(34)35-16-20-9-7-6-8-10-20)22-12-13-23-21(15-22)11-14-24-29-18-30-32(23)24/h6-15,18-19H,16-17H2,1-5H3,(H,31,34)/t28-/m1/s1. The van der Waals surface area contributed by atoms with Crippen molar-refractivity contribution in [1.82, 2.24) is 19.9 Å². The van der Waals surface area contributed by atoms with Gasteiger partial charge in [-0.2, -0.15) is 5.10 Å². The molecule has 1 atom stereocenters. The van der Waals surface area contributed by atoms with Gasteiger partial charge in [0.2, 0.25) is 0 Å². The molecule has 0 bridgehead atoms. The molecule has 0 saturated carbocycles. The molecule has 0 aliphatic heterocycles. The quantitative estimate of drug-likeness (QED) is 0.351. The number of pyridine rings is 1. The summed E-state index contributed by atoms with van der Waals surface area (Å²) in [5, 5.41) is 8.05. The van der Waals surface area contributed by atoms with Crippen LogP contribution >= 0.6 is 0 Å². The number of hydrogen-bond donors (Lipinski definition) is 1. The summed E-state index contributed by atoms with van der Waals surface area (Å²) in [6, 6.07) is 18.8. The Morgan fingerprint density at radius 2 is 1.78 bits per heavy atom. The Labute approximate surface area is 210 Å². The molecule has 8 nitrogen and oxygen atoms in total. The maximum absolute atomic E-state index is 13.8. The van der Waals surface area contributed by atoms with Crippen molar-refractivity contribution in [3.8, 4) is 0 Å². The molecule has 0 fully saturated rings. The van der Waals surface area contributed by atoms with Crippen LogP contribution < -0.4 is 5.32 Å². The molecule has 0 unspecified atom stereocenters. The van der Waals surface area contributed by atoms with E-state index in [9.17, 15) is 9.59 Å². The van der Waals surface area contributed by atoms with Gasteiger partial charge in [0.1, 0.15) is 12.9 Å². The lowest BCUT2D eigenvalue weighted by molar-refractivity contribution is -0.157. The van der Waals surface area contributed by atoms with E-state index < -0.39 is 17.6 Å². The number of carbonyl (C=O) groups excluding carboxylic acids is 2. The summed E-state index contributed by atoms with van der Waals surface area (Å²) in [5.74, 6) is -0.537. The van der Waals surface area contributed by atoms with Crippen LogP contribution in [0.3, 0.4) is 0 Å². The predicted molar refractivity (Wildman–Crippen MR) is 137 cm³/mol. The van der Waals surface area contributed by atoms with E-state index in [1.54, 1.807) is 18.4 Å². The summed E-state index contributed by atoms with van der Waals surface area (Å²) < 4.78 is 13.0. The Morgan fingerprint density at radius 1 is 1.03 bits per heavy atom. The van der Waals surface area contributed by atoms with Crippen LogP contribution in [-0.2, 0) is 26.4 Å². The highest BCUT2D eigenvalue weighted by molar-refractivity contribution is 5.90. The number of ether oxygens (including phenoxy) is 2. The number of benzene rings is 2. The minimum Gasteiger partial charge on any atom is -0.461 e. The van der Waals surface area contributed by atoms with Gasteiger partial charge in [-0.25, -0.2) is 19.1 Å². The normalized spacial score (nSPS) is 13.5. The summed E-state index contributed by atoms with van der Waals surface area (Å²) in [5.41, 5.74) is 1.20. The van der Waals surface area contributed by atoms with Crippen molar-refractivity contribution in [2.45, 2.75) is 59.3 Å². The lowest BCUT2D eigenvalue weighted by atomic mass is 9.75. The second-order valence-corrected chi connectivity index (χ2v) is 10.4. The zero-order chi connectivity index (χ0) is 25.9. The van der Waals surface area contributed by atoms with Crippen molar-refractivity contribution in [2.75, 3.05) is 0 Å². The molecule has 4 aromatic rings. The van der Waals surface area contributed by atoms with Gasteiger partial charge in [0.15, 0.2) is 11.2 Å². The average Bonchev–Trinajstić information content (AvgIpc) is 3.31. The van der Waals surface area contributed by atoms with Crippen molar-refractivity contribution in [3.05, 3.63) is 78.1 Å². The molecule has 0 radical (unpaired) electrons. The molecular weight excluding hydrogens is 456 g/mol. The molecule has 0 aliphatic rings. The molecule has 0 aliphatic carbocycles. The minimum atomic E-state index is -1.47. The highest BCUT2D eigenvalue weighted by Gasteiger charge is 2.47. The van der Waals surface area contributed by atoms with E-state index in [0.29, 0.717) is 12.0 Å². The van der Waals surface area contributed by atoms with Crippen LogP contribution in [-0.4, -0.2) is 32.8 Å². The maximum Gasteiger partial charge on any atom is 0.408 e. The number of esters is 1. The molecule has 8 heteroatoms. The van der Waals surface area contributed by atoms with Gasteiger partial charge in [-0.15, -0.1) is 0 Å². The van der Waals surface area contributed by atoms with E-state index in [1.165, 1.54) is 6.33 Å². The number of hydrogen-bond acceptors (Lipinski definition) is 6. The Kier molecular flexibility index (Phi) is 6.97. The Bertz CT molecular complexity index is 1370. The van der Waals surface area contributed by atoms with Crippen LogP contribution in [0.4, 0.5) is 4.79 Å². The highest BCUT2D eigenvalue weighted by Crippen LogP contribution is 2.38. The number of carbonyl (C=O) groups is 2. The Balaban J connectivity index is 1.78. The largest absolute Gasteiger partial charge is 0.461 e. The lowest BCUT2D eigenvalue weighted by Crippen LogP contribution is -2.55. The third-order valence-corrected chi connectivity index (χ3v) is 5.75. The van der Waals surface area contributed by atoms with Crippen molar-refractivity contribution >= 4 is 28.6 Å². The van der Waals surface area contributed by atoms with Gasteiger partial charge in [-0.3, -0.25) is 0 Å². The molecule has 4 rings (SSSR count). The molecular formula is C28H32N4O4. The first-order valence-electron chi connectivity index (χ1n) is 12.0. The Morgan fingerprint density at radius 3 is 2.47 bits per heavy atom. The number of nitrogens with zero attached hydrogens (tertiary/aromatic N) is 3. The van der Waals surface area contributed by atoms with Gasteiger partial charge in [0.05, 0.1) is 11.6 Å². The molecule has 188 valence electrons. The summed E-state index contributed by atoms with van der Waals surface area (Å²) in [7, 11) is 0. The monoisotopic (exact) mass is 488 g/mol. The third kappa shape index (κ3) is 5.48. The smallest absolute Gasteiger partial charge is 0.408 e. The molecule has 1 amide bonds. The van der Waals surface area contributed by atoms with Gasteiger partial charge in [0.25, 0.3) is 0 Å². The topological polar surface area (TPSA) is 94.8 Å². The van der Waals surface area contributed by atoms with Crippen LogP contribution in [0.1, 0.15) is 52.2 Å². The van der Waals surface area contributed by atoms with Gasteiger partial charge in [-0.1, -0.05) is 57.2 Å². The summed E-state index contributed by atoms with van der Waals surface area (Å²) in [4.78, 5) is 31.1. The molecule has 0 spiro atoms. The van der Waals surface area contributed by atoms with E-state index in [-0.39, 0.29) is 18.1 Å². The summed E-state index contributed by atoms with van der Waals surface area (Å²) in [6.07, 6.45) is 0.727. The zero-order valence-electron chi connectivity index (χ0n) is 21.3. The number of rotatable bonds is 7. The van der Waals surface area contributed by atoms with Crippen molar-refractivity contribution in [1.29, 1.82) is 0 Å². The van der Waals surface area contributed by atoms with Crippen LogP contribution in [0.15, 0.2) is 67.0 Å². The van der Waals surface area contributed by atoms with Gasteiger partial charge in [-0.05, 0) is 61.1 Å². The van der Waals surface area contributed by atoms with Crippen molar-refractivity contribution in [2.24, 2.45) is 5.41 Å². The highest BCUT2D eigenvalue weighted by atomic mass is 16.6. The summed E-state index contributed by atoms with van der Waals surface area (Å²) >= 11 is 0. The molecule has 0 saturated heterocycles. The first-order chi connectivity index (χ1) is 17.1. The molecule has 2 aromatic carbocycles. The molecule has 2 heterocycles.